The van der Waals surface area contributed by atoms with Crippen LogP contribution in [0.5, 0.6) is 0 Å². The molecule has 3 heterocycles. The first-order valence-corrected chi connectivity index (χ1v) is 12.3. The van der Waals surface area contributed by atoms with Crippen LogP contribution in [0, 0.1) is 5.41 Å². The van der Waals surface area contributed by atoms with E-state index in [4.69, 9.17) is 4.98 Å². The maximum Gasteiger partial charge on any atom is 0.309 e. The van der Waals surface area contributed by atoms with E-state index in [9.17, 15) is 13.2 Å². The van der Waals surface area contributed by atoms with Crippen LogP contribution in [0.25, 0.3) is 21.6 Å². The summed E-state index contributed by atoms with van der Waals surface area (Å²) in [4.78, 5) is 20.1. The summed E-state index contributed by atoms with van der Waals surface area (Å²) in [6, 6.07) is 11.9. The van der Waals surface area contributed by atoms with E-state index in [2.05, 4.69) is 25.7 Å². The third-order valence-corrected chi connectivity index (χ3v) is 7.52. The van der Waals surface area contributed by atoms with Gasteiger partial charge in [-0.25, -0.2) is 13.4 Å². The Hall–Kier alpha value is -2.19. The number of fused-ring (bicyclic) bond motifs is 1. The maximum atomic E-state index is 12.5. The Morgan fingerprint density at radius 2 is 1.83 bits per heavy atom. The van der Waals surface area contributed by atoms with Crippen molar-refractivity contribution < 1.29 is 8.42 Å². The molecule has 0 spiro atoms. The first-order valence-electron chi connectivity index (χ1n) is 9.68. The second-order valence-corrected chi connectivity index (χ2v) is 12.0. The second-order valence-electron chi connectivity index (χ2n) is 8.72. The summed E-state index contributed by atoms with van der Waals surface area (Å²) in [6.45, 7) is 8.01. The summed E-state index contributed by atoms with van der Waals surface area (Å²) in [7, 11) is -2.91. The van der Waals surface area contributed by atoms with Gasteiger partial charge in [0.15, 0.2) is 9.84 Å². The van der Waals surface area contributed by atoms with Gasteiger partial charge < -0.3 is 4.90 Å². The maximum absolute atomic E-state index is 12.5. The predicted molar refractivity (Wildman–Crippen MR) is 120 cm³/mol. The Bertz CT molecular complexity index is 1210. The van der Waals surface area contributed by atoms with Gasteiger partial charge in [0, 0.05) is 30.9 Å². The van der Waals surface area contributed by atoms with Crippen LogP contribution in [-0.2, 0) is 16.4 Å². The summed E-state index contributed by atoms with van der Waals surface area (Å²) in [5.41, 5.74) is 3.65. The van der Waals surface area contributed by atoms with E-state index >= 15 is 0 Å². The van der Waals surface area contributed by atoms with Crippen LogP contribution >= 0.6 is 11.3 Å². The molecule has 0 amide bonds. The fourth-order valence-corrected chi connectivity index (χ4v) is 5.63. The molecule has 3 aromatic rings. The zero-order valence-electron chi connectivity index (χ0n) is 16.9. The minimum absolute atomic E-state index is 0.00670. The molecule has 2 aromatic heterocycles. The molecule has 29 heavy (non-hydrogen) atoms. The highest BCUT2D eigenvalue weighted by Crippen LogP contribution is 2.28. The fraction of sp³-hybridized carbons (Fsp3) is 0.429. The van der Waals surface area contributed by atoms with Gasteiger partial charge in [-0.05, 0) is 29.7 Å². The van der Waals surface area contributed by atoms with E-state index in [0.29, 0.717) is 19.6 Å². The van der Waals surface area contributed by atoms with E-state index in [1.165, 1.54) is 11.3 Å². The number of aromatic nitrogens is 2. The Balaban J connectivity index is 1.66. The number of anilines is 1. The summed E-state index contributed by atoms with van der Waals surface area (Å²) in [5.74, 6) is 0.382. The van der Waals surface area contributed by atoms with Crippen LogP contribution in [0.1, 0.15) is 20.8 Å². The van der Waals surface area contributed by atoms with Crippen molar-refractivity contribution in [1.29, 1.82) is 0 Å². The van der Waals surface area contributed by atoms with Gasteiger partial charge in [-0.1, -0.05) is 44.2 Å². The molecule has 1 aromatic carbocycles. The molecule has 0 bridgehead atoms. The van der Waals surface area contributed by atoms with Crippen molar-refractivity contribution in [2.75, 3.05) is 29.5 Å². The number of benzene rings is 1. The highest BCUT2D eigenvalue weighted by molar-refractivity contribution is 7.91. The lowest BCUT2D eigenvalue weighted by molar-refractivity contribution is 0.346. The molecule has 0 atom stereocenters. The molecule has 0 saturated carbocycles. The molecule has 1 fully saturated rings. The molecule has 0 unspecified atom stereocenters. The smallest absolute Gasteiger partial charge is 0.309 e. The van der Waals surface area contributed by atoms with Gasteiger partial charge in [-0.15, -0.1) is 0 Å². The topological polar surface area (TPSA) is 72.3 Å². The highest BCUT2D eigenvalue weighted by atomic mass is 32.2. The van der Waals surface area contributed by atoms with Gasteiger partial charge in [0.05, 0.1) is 22.7 Å². The third-order valence-electron chi connectivity index (χ3n) is 5.02. The van der Waals surface area contributed by atoms with Crippen molar-refractivity contribution in [3.63, 3.8) is 0 Å². The minimum Gasteiger partial charge on any atom is -0.369 e. The lowest BCUT2D eigenvalue weighted by Gasteiger charge is -2.29. The normalized spacial score (nSPS) is 17.0. The molecule has 0 N–H and O–H groups in total. The second kappa shape index (κ2) is 7.25. The van der Waals surface area contributed by atoms with Crippen molar-refractivity contribution in [3.8, 4) is 11.3 Å². The zero-order valence-corrected chi connectivity index (χ0v) is 18.5. The van der Waals surface area contributed by atoms with Gasteiger partial charge in [0.2, 0.25) is 0 Å². The van der Waals surface area contributed by atoms with E-state index in [-0.39, 0.29) is 21.8 Å². The number of thiazole rings is 1. The van der Waals surface area contributed by atoms with Crippen LogP contribution in [0.4, 0.5) is 5.69 Å². The Morgan fingerprint density at radius 3 is 2.52 bits per heavy atom. The number of rotatable bonds is 3. The Morgan fingerprint density at radius 1 is 1.10 bits per heavy atom. The number of pyridine rings is 1. The van der Waals surface area contributed by atoms with Gasteiger partial charge in [-0.2, -0.15) is 0 Å². The van der Waals surface area contributed by atoms with Crippen molar-refractivity contribution in [1.82, 2.24) is 9.55 Å². The fourth-order valence-electron chi connectivity index (χ4n) is 3.57. The van der Waals surface area contributed by atoms with Crippen LogP contribution < -0.4 is 9.77 Å². The summed E-state index contributed by atoms with van der Waals surface area (Å²) in [6.07, 6.45) is 0. The molecular weight excluding hydrogens is 406 g/mol. The van der Waals surface area contributed by atoms with E-state index in [0.717, 1.165) is 27.3 Å². The van der Waals surface area contributed by atoms with Gasteiger partial charge in [0.1, 0.15) is 4.83 Å². The van der Waals surface area contributed by atoms with Gasteiger partial charge in [0.25, 0.3) is 0 Å². The van der Waals surface area contributed by atoms with Gasteiger partial charge in [-0.3, -0.25) is 9.36 Å². The largest absolute Gasteiger partial charge is 0.369 e. The predicted octanol–water partition coefficient (Wildman–Crippen LogP) is 3.41. The molecule has 8 heteroatoms. The van der Waals surface area contributed by atoms with E-state index < -0.39 is 9.84 Å². The van der Waals surface area contributed by atoms with Crippen molar-refractivity contribution in [3.05, 3.63) is 46.1 Å². The van der Waals surface area contributed by atoms with E-state index in [1.807, 2.05) is 36.4 Å². The quantitative estimate of drug-likeness (QED) is 0.636. The summed E-state index contributed by atoms with van der Waals surface area (Å²) in [5, 5.41) is 0. The first kappa shape index (κ1) is 20.1. The SMILES string of the molecule is CC(C)(C)Cn1c(=O)sc2nc(-c3cccc(N4CCS(=O)(=O)CC4)c3)ccc21. The standard InChI is InChI=1S/C21H25N3O3S2/c1-21(2,3)14-24-18-8-7-17(22-19(18)28-20(24)25)15-5-4-6-16(13-15)23-9-11-29(26,27)12-10-23/h4-8,13H,9-12,14H2,1-3H3. The zero-order chi connectivity index (χ0) is 20.8. The Labute approximate surface area is 174 Å². The number of nitrogens with zero attached hydrogens (tertiary/aromatic N) is 3. The average Bonchev–Trinajstić information content (AvgIpc) is 2.95. The Kier molecular flexibility index (Phi) is 5.02. The van der Waals surface area contributed by atoms with Crippen molar-refractivity contribution in [2.24, 2.45) is 5.41 Å². The molecular formula is C21H25N3O3S2. The van der Waals surface area contributed by atoms with Crippen LogP contribution in [0.2, 0.25) is 0 Å². The molecule has 1 aliphatic heterocycles. The monoisotopic (exact) mass is 431 g/mol. The molecule has 1 aliphatic rings. The number of hydrogen-bond donors (Lipinski definition) is 0. The van der Waals surface area contributed by atoms with Crippen LogP contribution in [0.15, 0.2) is 41.2 Å². The van der Waals surface area contributed by atoms with Crippen LogP contribution in [0.3, 0.4) is 0 Å². The van der Waals surface area contributed by atoms with Crippen LogP contribution in [-0.4, -0.2) is 42.6 Å². The third kappa shape index (κ3) is 4.38. The lowest BCUT2D eigenvalue weighted by atomic mass is 9.97. The first-order chi connectivity index (χ1) is 13.6. The number of sulfone groups is 1. The van der Waals surface area contributed by atoms with E-state index in [1.54, 1.807) is 4.57 Å². The lowest BCUT2D eigenvalue weighted by Crippen LogP contribution is -2.40. The van der Waals surface area contributed by atoms with Crippen molar-refractivity contribution >= 4 is 37.2 Å². The molecule has 0 aliphatic carbocycles. The molecule has 154 valence electrons. The average molecular weight is 432 g/mol. The number of hydrogen-bond acceptors (Lipinski definition) is 6. The molecule has 6 nitrogen and oxygen atoms in total. The molecule has 0 radical (unpaired) electrons. The highest BCUT2D eigenvalue weighted by Gasteiger charge is 2.22. The van der Waals surface area contributed by atoms with Gasteiger partial charge >= 0.3 is 4.87 Å². The molecule has 4 rings (SSSR count). The van der Waals surface area contributed by atoms with Crippen molar-refractivity contribution in [2.45, 2.75) is 27.3 Å². The minimum atomic E-state index is -2.91. The summed E-state index contributed by atoms with van der Waals surface area (Å²) < 4.78 is 25.2. The summed E-state index contributed by atoms with van der Waals surface area (Å²) >= 11 is 1.18. The molecule has 1 saturated heterocycles.